The number of sulfone groups is 1. The van der Waals surface area contributed by atoms with Crippen molar-refractivity contribution in [3.63, 3.8) is 0 Å². The van der Waals surface area contributed by atoms with Crippen molar-refractivity contribution in [3.05, 3.63) is 169 Å². The van der Waals surface area contributed by atoms with Crippen LogP contribution < -0.4 is 21.3 Å². The van der Waals surface area contributed by atoms with Gasteiger partial charge >= 0.3 is 0 Å². The van der Waals surface area contributed by atoms with E-state index >= 15 is 0 Å². The van der Waals surface area contributed by atoms with Crippen LogP contribution in [0.1, 0.15) is 56.3 Å². The van der Waals surface area contributed by atoms with Crippen LogP contribution in [0, 0.1) is 0 Å². The van der Waals surface area contributed by atoms with E-state index in [4.69, 9.17) is 0 Å². The summed E-state index contributed by atoms with van der Waals surface area (Å²) in [6.07, 6.45) is -0.842. The SMILES string of the molecule is CCC(C)(Br)C(=O)Nc1cccc(NC(O)c2cc3ccccc3c(N=Nc3ccc(S(=O)(=O)c4ccc(N=Nc5c(O)c(C(=O)Nc6cccc(NC(=O)C(C)(C)Br)c6)cc6ccccc56)cc4)cc3)c2O)c1. The number of nitrogens with one attached hydrogen (secondary N) is 4. The van der Waals surface area contributed by atoms with E-state index in [1.165, 1.54) is 54.6 Å². The van der Waals surface area contributed by atoms with Gasteiger partial charge in [0.1, 0.15) is 15.7 Å². The Morgan fingerprint density at radius 3 is 1.55 bits per heavy atom. The number of aliphatic hydroxyl groups is 1. The smallest absolute Gasteiger partial charge is 0.259 e. The second-order valence-electron chi connectivity index (χ2n) is 17.7. The van der Waals surface area contributed by atoms with Crippen molar-refractivity contribution < 1.29 is 38.1 Å². The molecule has 0 saturated heterocycles. The van der Waals surface area contributed by atoms with Gasteiger partial charge in [0.2, 0.25) is 21.7 Å². The minimum Gasteiger partial charge on any atom is -0.505 e. The predicted octanol–water partition coefficient (Wildman–Crippen LogP) is 14.0. The van der Waals surface area contributed by atoms with Crippen LogP contribution in [0.5, 0.6) is 11.5 Å². The lowest BCUT2D eigenvalue weighted by Gasteiger charge is -2.21. The van der Waals surface area contributed by atoms with Crippen molar-refractivity contribution in [2.75, 3.05) is 21.3 Å². The first-order valence-electron chi connectivity index (χ1n) is 23.0. The normalized spacial score (nSPS) is 13.2. The Hall–Kier alpha value is -7.84. The predicted molar refractivity (Wildman–Crippen MR) is 295 cm³/mol. The molecule has 0 aliphatic carbocycles. The van der Waals surface area contributed by atoms with Crippen LogP contribution in [0.4, 0.5) is 45.5 Å². The molecule has 0 radical (unpaired) electrons. The van der Waals surface area contributed by atoms with Gasteiger partial charge in [-0.3, -0.25) is 14.4 Å². The number of nitrogens with zero attached hydrogens (tertiary/aromatic N) is 4. The molecule has 0 aliphatic heterocycles. The number of amides is 3. The Balaban J connectivity index is 0.972. The van der Waals surface area contributed by atoms with Gasteiger partial charge in [-0.1, -0.05) is 99.4 Å². The zero-order chi connectivity index (χ0) is 53.0. The molecule has 16 nitrogen and oxygen atoms in total. The number of alkyl halides is 2. The van der Waals surface area contributed by atoms with E-state index in [-0.39, 0.29) is 61.2 Å². The molecule has 2 atom stereocenters. The Morgan fingerprint density at radius 2 is 1.03 bits per heavy atom. The number of anilines is 4. The number of phenols is 2. The molecule has 74 heavy (non-hydrogen) atoms. The van der Waals surface area contributed by atoms with Crippen LogP contribution in [-0.4, -0.2) is 50.1 Å². The Morgan fingerprint density at radius 1 is 0.568 bits per heavy atom. The summed E-state index contributed by atoms with van der Waals surface area (Å²) in [4.78, 5) is 38.8. The van der Waals surface area contributed by atoms with Crippen LogP contribution >= 0.6 is 31.9 Å². The number of halogens is 2. The number of azo groups is 2. The lowest BCUT2D eigenvalue weighted by Crippen LogP contribution is -2.33. The molecule has 19 heteroatoms. The molecule has 0 aliphatic rings. The summed E-state index contributed by atoms with van der Waals surface area (Å²) in [5, 5.41) is 65.3. The number of carbonyl (C=O) groups excluding carboxylic acids is 3. The van der Waals surface area contributed by atoms with E-state index < -0.39 is 36.4 Å². The Labute approximate surface area is 442 Å². The second-order valence-corrected chi connectivity index (χ2v) is 23.4. The highest BCUT2D eigenvalue weighted by Crippen LogP contribution is 2.43. The first-order chi connectivity index (χ1) is 35.2. The van der Waals surface area contributed by atoms with Crippen molar-refractivity contribution in [1.29, 1.82) is 0 Å². The first kappa shape index (κ1) is 52.5. The van der Waals surface area contributed by atoms with Crippen molar-refractivity contribution in [2.24, 2.45) is 20.5 Å². The molecule has 8 aromatic carbocycles. The van der Waals surface area contributed by atoms with Crippen molar-refractivity contribution in [1.82, 2.24) is 0 Å². The fourth-order valence-electron chi connectivity index (χ4n) is 7.47. The molecule has 0 aromatic heterocycles. The zero-order valence-electron chi connectivity index (χ0n) is 40.1. The summed E-state index contributed by atoms with van der Waals surface area (Å²) in [5.41, 5.74) is 2.46. The number of aromatic hydroxyl groups is 2. The van der Waals surface area contributed by atoms with E-state index in [9.17, 15) is 38.1 Å². The van der Waals surface area contributed by atoms with Gasteiger partial charge in [0.05, 0.1) is 31.1 Å². The number of hydrogen-bond donors (Lipinski definition) is 7. The largest absolute Gasteiger partial charge is 0.505 e. The molecule has 3 amide bonds. The van der Waals surface area contributed by atoms with E-state index in [0.29, 0.717) is 50.7 Å². The molecule has 0 bridgehead atoms. The van der Waals surface area contributed by atoms with E-state index in [1.54, 1.807) is 124 Å². The van der Waals surface area contributed by atoms with Crippen LogP contribution in [0.2, 0.25) is 0 Å². The minimum atomic E-state index is -4.04. The van der Waals surface area contributed by atoms with E-state index in [0.717, 1.165) is 0 Å². The number of aliphatic hydroxyl groups excluding tert-OH is 1. The van der Waals surface area contributed by atoms with Gasteiger partial charge < -0.3 is 36.6 Å². The van der Waals surface area contributed by atoms with Crippen LogP contribution in [-0.2, 0) is 19.4 Å². The number of benzene rings is 8. The fourth-order valence-corrected chi connectivity index (χ4v) is 8.93. The molecule has 7 N–H and O–H groups in total. The topological polar surface area (TPSA) is 244 Å². The highest BCUT2D eigenvalue weighted by molar-refractivity contribution is 9.10. The maximum Gasteiger partial charge on any atom is 0.259 e. The number of phenolic OH excluding ortho intramolecular Hbond substituents is 2. The highest BCUT2D eigenvalue weighted by atomic mass is 79.9. The van der Waals surface area contributed by atoms with Crippen LogP contribution in [0.25, 0.3) is 21.5 Å². The third-order valence-corrected chi connectivity index (χ3v) is 14.9. The number of fused-ring (bicyclic) bond motifs is 2. The van der Waals surface area contributed by atoms with Crippen molar-refractivity contribution in [2.45, 2.75) is 58.8 Å². The average molecular weight is 1140 g/mol. The van der Waals surface area contributed by atoms with Crippen molar-refractivity contribution in [3.8, 4) is 11.5 Å². The molecule has 0 spiro atoms. The summed E-state index contributed by atoms with van der Waals surface area (Å²) in [6.45, 7) is 7.08. The third kappa shape index (κ3) is 11.8. The molecule has 376 valence electrons. The van der Waals surface area contributed by atoms with Gasteiger partial charge in [0.25, 0.3) is 5.91 Å². The fraction of sp³-hybridized carbons (Fsp3) is 0.145. The summed E-state index contributed by atoms with van der Waals surface area (Å²) in [5.74, 6) is -1.91. The number of carbonyl (C=O) groups is 3. The maximum absolute atomic E-state index is 13.8. The average Bonchev–Trinajstić information content (AvgIpc) is 3.38. The lowest BCUT2D eigenvalue weighted by atomic mass is 10.0. The van der Waals surface area contributed by atoms with Gasteiger partial charge in [0, 0.05) is 39.1 Å². The Kier molecular flexibility index (Phi) is 15.4. The van der Waals surface area contributed by atoms with Gasteiger partial charge in [-0.05, 0) is 135 Å². The van der Waals surface area contributed by atoms with Crippen LogP contribution in [0.15, 0.2) is 188 Å². The highest BCUT2D eigenvalue weighted by Gasteiger charge is 2.28. The summed E-state index contributed by atoms with van der Waals surface area (Å²) in [6, 6.07) is 42.0. The summed E-state index contributed by atoms with van der Waals surface area (Å²) in [7, 11) is -4.04. The van der Waals surface area contributed by atoms with Gasteiger partial charge in [-0.25, -0.2) is 8.42 Å². The summed E-state index contributed by atoms with van der Waals surface area (Å²) >= 11 is 6.78. The molecule has 0 saturated carbocycles. The molecule has 8 rings (SSSR count). The molecular weight excluding hydrogens is 1090 g/mol. The second kappa shape index (κ2) is 21.7. The molecule has 8 aromatic rings. The minimum absolute atomic E-state index is 0.0181. The third-order valence-electron chi connectivity index (χ3n) is 11.9. The lowest BCUT2D eigenvalue weighted by molar-refractivity contribution is -0.118. The summed E-state index contributed by atoms with van der Waals surface area (Å²) < 4.78 is 26.0. The Bertz CT molecular complexity index is 3640. The van der Waals surface area contributed by atoms with Crippen molar-refractivity contribution >= 4 is 126 Å². The van der Waals surface area contributed by atoms with E-state index in [1.807, 2.05) is 6.92 Å². The quantitative estimate of drug-likeness (QED) is 0.0276. The van der Waals surface area contributed by atoms with Crippen LogP contribution in [0.3, 0.4) is 0 Å². The molecule has 2 unspecified atom stereocenters. The van der Waals surface area contributed by atoms with Gasteiger partial charge in [-0.15, -0.1) is 10.2 Å². The molecular formula is C55H48Br2N8O8S. The number of rotatable bonds is 16. The maximum atomic E-state index is 13.8. The molecule has 0 heterocycles. The first-order valence-corrected chi connectivity index (χ1v) is 26.0. The molecule has 0 fully saturated rings. The van der Waals surface area contributed by atoms with E-state index in [2.05, 4.69) is 73.6 Å². The van der Waals surface area contributed by atoms with Gasteiger partial charge in [0.15, 0.2) is 17.7 Å². The monoisotopic (exact) mass is 1140 g/mol. The standard InChI is InChI=1S/C55H48Br2N8O8S/c1-5-55(4,57)53(71)61-39-17-11-15-37(31-39)59-51(69)45-29-33-13-7-9-19-43(33)47(49(45)67)65-63-35-22-26-41(27-23-35)74(72,73)40-24-20-34(21-25-40)62-64-46-42-18-8-6-12-32(42)28-44(48(46)66)50(68)58-36-14-10-16-38(30-36)60-52(70)54(2,3)56/h6-31,51,59,66-67,69H,5H2,1-4H3,(H,58,68)(H,60,70)(H,61,71). The zero-order valence-corrected chi connectivity index (χ0v) is 44.1. The van der Waals surface area contributed by atoms with Gasteiger partial charge in [-0.2, -0.15) is 10.2 Å². The number of hydrogen-bond acceptors (Lipinski definition) is 13.